The van der Waals surface area contributed by atoms with Gasteiger partial charge in [0.25, 0.3) is 0 Å². The number of phenols is 1. The fraction of sp³-hybridized carbons (Fsp3) is 0.0370. The van der Waals surface area contributed by atoms with E-state index in [9.17, 15) is 5.11 Å². The molecule has 4 aromatic rings. The third-order valence-electron chi connectivity index (χ3n) is 4.87. The molecular weight excluding hydrogens is 340 g/mol. The van der Waals surface area contributed by atoms with Crippen LogP contribution in [-0.2, 0) is 0 Å². The highest BCUT2D eigenvalue weighted by Gasteiger charge is 2.16. The molecule has 0 atom stereocenters. The molecule has 28 heavy (non-hydrogen) atoms. The van der Waals surface area contributed by atoms with Crippen molar-refractivity contribution in [3.8, 4) is 5.75 Å². The minimum Gasteiger partial charge on any atom is -0.508 e. The highest BCUT2D eigenvalue weighted by molar-refractivity contribution is 6.04. The van der Waals surface area contributed by atoms with E-state index in [2.05, 4.69) is 79.7 Å². The first-order chi connectivity index (χ1) is 13.7. The van der Waals surface area contributed by atoms with Crippen molar-refractivity contribution in [2.45, 2.75) is 6.92 Å². The lowest BCUT2D eigenvalue weighted by atomic mass is 9.85. The molecule has 0 aliphatic rings. The van der Waals surface area contributed by atoms with Gasteiger partial charge in [-0.3, -0.25) is 0 Å². The highest BCUT2D eigenvalue weighted by atomic mass is 16.3. The van der Waals surface area contributed by atoms with Crippen molar-refractivity contribution in [1.29, 1.82) is 0 Å². The van der Waals surface area contributed by atoms with Gasteiger partial charge >= 0.3 is 0 Å². The number of hydrogen-bond donors (Lipinski definition) is 1. The van der Waals surface area contributed by atoms with Gasteiger partial charge in [-0.2, -0.15) is 0 Å². The van der Waals surface area contributed by atoms with Gasteiger partial charge in [-0.15, -0.1) is 0 Å². The molecule has 136 valence electrons. The summed E-state index contributed by atoms with van der Waals surface area (Å²) in [7, 11) is 0. The second kappa shape index (κ2) is 7.98. The van der Waals surface area contributed by atoms with Crippen LogP contribution in [0.15, 0.2) is 109 Å². The van der Waals surface area contributed by atoms with Crippen molar-refractivity contribution in [2.24, 2.45) is 0 Å². The first-order valence-corrected chi connectivity index (χ1v) is 9.44. The Morgan fingerprint density at radius 2 is 0.821 bits per heavy atom. The van der Waals surface area contributed by atoms with Gasteiger partial charge in [0.15, 0.2) is 0 Å². The smallest absolute Gasteiger partial charge is 0.115 e. The van der Waals surface area contributed by atoms with E-state index in [4.69, 9.17) is 0 Å². The number of phenolic OH excluding ortho intramolecular Hbond substituents is 1. The summed E-state index contributed by atoms with van der Waals surface area (Å²) in [4.78, 5) is 0. The first kappa shape index (κ1) is 17.8. The van der Waals surface area contributed by atoms with Crippen LogP contribution in [0.3, 0.4) is 0 Å². The van der Waals surface area contributed by atoms with E-state index in [-0.39, 0.29) is 5.75 Å². The molecule has 0 heterocycles. The van der Waals surface area contributed by atoms with Gasteiger partial charge in [-0.05, 0) is 52.5 Å². The van der Waals surface area contributed by atoms with Crippen LogP contribution in [0, 0.1) is 6.92 Å². The van der Waals surface area contributed by atoms with Crippen molar-refractivity contribution in [2.75, 3.05) is 0 Å². The lowest BCUT2D eigenvalue weighted by Gasteiger charge is -2.18. The van der Waals surface area contributed by atoms with Crippen molar-refractivity contribution in [3.63, 3.8) is 0 Å². The summed E-state index contributed by atoms with van der Waals surface area (Å²) in [5.41, 5.74) is 8.12. The maximum atomic E-state index is 9.80. The van der Waals surface area contributed by atoms with E-state index in [1.807, 2.05) is 24.3 Å². The molecule has 0 bridgehead atoms. The van der Waals surface area contributed by atoms with Gasteiger partial charge in [-0.1, -0.05) is 103 Å². The zero-order valence-corrected chi connectivity index (χ0v) is 15.8. The van der Waals surface area contributed by atoms with Crippen LogP contribution in [0.4, 0.5) is 0 Å². The van der Waals surface area contributed by atoms with E-state index in [0.717, 1.165) is 16.7 Å². The topological polar surface area (TPSA) is 20.2 Å². The molecular formula is C27H22O. The van der Waals surface area contributed by atoms with E-state index >= 15 is 0 Å². The summed E-state index contributed by atoms with van der Waals surface area (Å²) in [6.07, 6.45) is 0. The van der Waals surface area contributed by atoms with Crippen LogP contribution in [0.2, 0.25) is 0 Å². The van der Waals surface area contributed by atoms with Gasteiger partial charge in [0.05, 0.1) is 0 Å². The normalized spacial score (nSPS) is 11.8. The standard InChI is InChI=1S/C27H22O/c1-20-12-14-23(15-13-20)26(21-8-4-2-5-9-21)27(22-10-6-3-7-11-22)24-16-18-25(28)19-17-24/h2-19,28H,1H3. The molecule has 0 aromatic heterocycles. The number of hydrogen-bond acceptors (Lipinski definition) is 1. The summed E-state index contributed by atoms with van der Waals surface area (Å²) in [6.45, 7) is 2.10. The summed E-state index contributed by atoms with van der Waals surface area (Å²) in [5, 5.41) is 9.80. The molecule has 4 rings (SSSR count). The number of rotatable bonds is 4. The molecule has 0 unspecified atom stereocenters. The predicted octanol–water partition coefficient (Wildman–Crippen LogP) is 6.71. The third kappa shape index (κ3) is 3.74. The molecule has 0 aliphatic heterocycles. The molecule has 0 aliphatic carbocycles. The Hall–Kier alpha value is -3.58. The maximum Gasteiger partial charge on any atom is 0.115 e. The van der Waals surface area contributed by atoms with Crippen LogP contribution in [0.25, 0.3) is 11.1 Å². The van der Waals surface area contributed by atoms with Gasteiger partial charge in [0, 0.05) is 0 Å². The van der Waals surface area contributed by atoms with Crippen molar-refractivity contribution in [1.82, 2.24) is 0 Å². The maximum absolute atomic E-state index is 9.80. The average molecular weight is 362 g/mol. The molecule has 0 saturated carbocycles. The third-order valence-corrected chi connectivity index (χ3v) is 4.87. The van der Waals surface area contributed by atoms with Crippen LogP contribution in [0.5, 0.6) is 5.75 Å². The summed E-state index contributed by atoms with van der Waals surface area (Å²) in [6, 6.07) is 37.0. The number of benzene rings is 4. The van der Waals surface area contributed by atoms with Crippen LogP contribution in [-0.4, -0.2) is 5.11 Å². The molecule has 1 N–H and O–H groups in total. The van der Waals surface area contributed by atoms with Gasteiger partial charge in [0.1, 0.15) is 5.75 Å². The Kier molecular flexibility index (Phi) is 5.07. The SMILES string of the molecule is Cc1ccc(C(=C(c2ccccc2)c2ccc(O)cc2)c2ccccc2)cc1. The summed E-state index contributed by atoms with van der Waals surface area (Å²) < 4.78 is 0. The van der Waals surface area contributed by atoms with Crippen molar-refractivity contribution >= 4 is 11.1 Å². The largest absolute Gasteiger partial charge is 0.508 e. The predicted molar refractivity (Wildman–Crippen MR) is 117 cm³/mol. The Morgan fingerprint density at radius 1 is 0.464 bits per heavy atom. The van der Waals surface area contributed by atoms with E-state index in [1.165, 1.54) is 22.3 Å². The first-order valence-electron chi connectivity index (χ1n) is 9.44. The molecule has 0 amide bonds. The average Bonchev–Trinajstić information content (AvgIpc) is 2.75. The fourth-order valence-corrected chi connectivity index (χ4v) is 3.47. The van der Waals surface area contributed by atoms with Crippen LogP contribution >= 0.6 is 0 Å². The number of aromatic hydroxyl groups is 1. The minimum absolute atomic E-state index is 0.271. The Balaban J connectivity index is 2.08. The molecule has 0 saturated heterocycles. The quantitative estimate of drug-likeness (QED) is 0.400. The molecule has 0 radical (unpaired) electrons. The Labute approximate surface area is 166 Å². The minimum atomic E-state index is 0.271. The molecule has 0 spiro atoms. The monoisotopic (exact) mass is 362 g/mol. The molecule has 1 heteroatoms. The highest BCUT2D eigenvalue weighted by Crippen LogP contribution is 2.37. The Morgan fingerprint density at radius 3 is 1.25 bits per heavy atom. The lowest BCUT2D eigenvalue weighted by molar-refractivity contribution is 0.475. The summed E-state index contributed by atoms with van der Waals surface area (Å²) in [5.74, 6) is 0.271. The lowest BCUT2D eigenvalue weighted by Crippen LogP contribution is -1.97. The van der Waals surface area contributed by atoms with E-state index in [1.54, 1.807) is 12.1 Å². The van der Waals surface area contributed by atoms with Gasteiger partial charge in [-0.25, -0.2) is 0 Å². The van der Waals surface area contributed by atoms with Gasteiger partial charge < -0.3 is 5.11 Å². The number of aryl methyl sites for hydroxylation is 1. The van der Waals surface area contributed by atoms with E-state index in [0.29, 0.717) is 0 Å². The second-order valence-electron chi connectivity index (χ2n) is 6.89. The summed E-state index contributed by atoms with van der Waals surface area (Å²) >= 11 is 0. The van der Waals surface area contributed by atoms with Crippen molar-refractivity contribution in [3.05, 3.63) is 137 Å². The van der Waals surface area contributed by atoms with E-state index < -0.39 is 0 Å². The Bertz CT molecular complexity index is 984. The zero-order chi connectivity index (χ0) is 19.3. The van der Waals surface area contributed by atoms with Crippen molar-refractivity contribution < 1.29 is 5.11 Å². The second-order valence-corrected chi connectivity index (χ2v) is 6.89. The molecule has 1 nitrogen and oxygen atoms in total. The van der Waals surface area contributed by atoms with Crippen LogP contribution in [0.1, 0.15) is 27.8 Å². The van der Waals surface area contributed by atoms with Gasteiger partial charge in [0.2, 0.25) is 0 Å². The zero-order valence-electron chi connectivity index (χ0n) is 15.8. The van der Waals surface area contributed by atoms with Crippen LogP contribution < -0.4 is 0 Å². The molecule has 4 aromatic carbocycles. The fourth-order valence-electron chi connectivity index (χ4n) is 3.47. The molecule has 0 fully saturated rings.